The Balaban J connectivity index is 1.87. The number of aromatic nitrogens is 3. The largest absolute Gasteiger partial charge is 0.454 e. The minimum atomic E-state index is -0.813. The highest BCUT2D eigenvalue weighted by Crippen LogP contribution is 2.16. The topological polar surface area (TPSA) is 123 Å². The summed E-state index contributed by atoms with van der Waals surface area (Å²) >= 11 is 5.77. The van der Waals surface area contributed by atoms with E-state index in [0.717, 1.165) is 16.8 Å². The van der Waals surface area contributed by atoms with E-state index in [-0.39, 0.29) is 10.8 Å². The van der Waals surface area contributed by atoms with Crippen LogP contribution < -0.4 is 16.6 Å². The number of aromatic amines is 1. The summed E-state index contributed by atoms with van der Waals surface area (Å²) in [6.45, 7) is -0.987. The summed E-state index contributed by atoms with van der Waals surface area (Å²) in [5, 5.41) is 2.53. The number of amides is 1. The van der Waals surface area contributed by atoms with Gasteiger partial charge in [-0.2, -0.15) is 0 Å². The van der Waals surface area contributed by atoms with Gasteiger partial charge in [-0.1, -0.05) is 11.6 Å². The number of rotatable bonds is 5. The number of halogens is 1. The van der Waals surface area contributed by atoms with Crippen molar-refractivity contribution in [3.63, 3.8) is 0 Å². The lowest BCUT2D eigenvalue weighted by molar-refractivity contribution is -0.148. The van der Waals surface area contributed by atoms with Gasteiger partial charge in [-0.05, 0) is 12.1 Å². The van der Waals surface area contributed by atoms with Gasteiger partial charge in [0.15, 0.2) is 11.8 Å². The Morgan fingerprint density at radius 1 is 1.35 bits per heavy atom. The van der Waals surface area contributed by atoms with Gasteiger partial charge in [-0.15, -0.1) is 0 Å². The molecule has 0 fully saturated rings. The van der Waals surface area contributed by atoms with Crippen molar-refractivity contribution in [2.75, 3.05) is 11.9 Å². The Hall–Kier alpha value is -2.94. The quantitative estimate of drug-likeness (QED) is 0.573. The molecule has 9 nitrogen and oxygen atoms in total. The molecule has 0 saturated heterocycles. The van der Waals surface area contributed by atoms with Crippen molar-refractivity contribution in [1.82, 2.24) is 14.5 Å². The van der Waals surface area contributed by atoms with Crippen LogP contribution >= 0.6 is 11.6 Å². The predicted octanol–water partition coefficient (Wildman–Crippen LogP) is -0.233. The fourth-order valence-electron chi connectivity index (χ4n) is 1.57. The van der Waals surface area contributed by atoms with Crippen LogP contribution in [0.1, 0.15) is 0 Å². The fraction of sp³-hybridized carbons (Fsp3) is 0.154. The summed E-state index contributed by atoms with van der Waals surface area (Å²) in [4.78, 5) is 51.3. The lowest BCUT2D eigenvalue weighted by atomic mass is 10.4. The summed E-state index contributed by atoms with van der Waals surface area (Å²) in [6.07, 6.45) is 2.61. The zero-order valence-corrected chi connectivity index (χ0v) is 12.4. The maximum Gasteiger partial charge on any atom is 0.328 e. The highest BCUT2D eigenvalue weighted by molar-refractivity contribution is 6.32. The molecule has 0 unspecified atom stereocenters. The molecule has 10 heteroatoms. The van der Waals surface area contributed by atoms with E-state index in [1.807, 2.05) is 4.98 Å². The van der Waals surface area contributed by atoms with Crippen molar-refractivity contribution in [3.05, 3.63) is 56.6 Å². The Bertz CT molecular complexity index is 844. The van der Waals surface area contributed by atoms with Crippen LogP contribution in [-0.4, -0.2) is 33.0 Å². The molecule has 2 N–H and O–H groups in total. The Morgan fingerprint density at radius 3 is 2.83 bits per heavy atom. The van der Waals surface area contributed by atoms with E-state index in [0.29, 0.717) is 0 Å². The number of carbonyl (C=O) groups excluding carboxylic acids is 2. The lowest BCUT2D eigenvalue weighted by Crippen LogP contribution is -2.32. The first-order valence-electron chi connectivity index (χ1n) is 6.31. The van der Waals surface area contributed by atoms with Crippen LogP contribution in [0.4, 0.5) is 5.69 Å². The van der Waals surface area contributed by atoms with Crippen molar-refractivity contribution in [1.29, 1.82) is 0 Å². The second kappa shape index (κ2) is 7.36. The molecule has 0 atom stereocenters. The first-order valence-corrected chi connectivity index (χ1v) is 6.69. The molecule has 0 aromatic carbocycles. The molecule has 0 bridgehead atoms. The molecule has 2 aromatic rings. The number of hydrogen-bond donors (Lipinski definition) is 2. The highest BCUT2D eigenvalue weighted by atomic mass is 35.5. The van der Waals surface area contributed by atoms with Crippen LogP contribution in [0, 0.1) is 0 Å². The van der Waals surface area contributed by atoms with Crippen LogP contribution in [0.15, 0.2) is 40.2 Å². The molecule has 0 spiro atoms. The molecular formula is C13H11ClN4O5. The van der Waals surface area contributed by atoms with Gasteiger partial charge in [0.25, 0.3) is 11.5 Å². The number of anilines is 1. The van der Waals surface area contributed by atoms with E-state index in [4.69, 9.17) is 16.3 Å². The second-order valence-electron chi connectivity index (χ2n) is 4.29. The van der Waals surface area contributed by atoms with Gasteiger partial charge in [-0.3, -0.25) is 23.9 Å². The van der Waals surface area contributed by atoms with E-state index in [9.17, 15) is 19.2 Å². The smallest absolute Gasteiger partial charge is 0.328 e. The molecule has 2 aromatic heterocycles. The van der Waals surface area contributed by atoms with Crippen molar-refractivity contribution in [2.24, 2.45) is 0 Å². The van der Waals surface area contributed by atoms with Gasteiger partial charge in [0, 0.05) is 18.5 Å². The number of carbonyl (C=O) groups is 2. The zero-order chi connectivity index (χ0) is 16.8. The minimum Gasteiger partial charge on any atom is -0.454 e. The third-order valence-corrected chi connectivity index (χ3v) is 2.89. The van der Waals surface area contributed by atoms with E-state index in [2.05, 4.69) is 10.3 Å². The Kier molecular flexibility index (Phi) is 5.26. The minimum absolute atomic E-state index is 0.104. The molecule has 1 amide bonds. The summed E-state index contributed by atoms with van der Waals surface area (Å²) in [6, 6.07) is 4.21. The third kappa shape index (κ3) is 4.78. The highest BCUT2D eigenvalue weighted by Gasteiger charge is 2.11. The SMILES string of the molecule is O=C(COC(=O)Cn1ccc(=O)[nH]c1=O)Nc1cccnc1Cl. The van der Waals surface area contributed by atoms with Gasteiger partial charge in [0.1, 0.15) is 6.54 Å². The number of ether oxygens (including phenoxy) is 1. The Labute approximate surface area is 133 Å². The molecule has 2 rings (SSSR count). The van der Waals surface area contributed by atoms with E-state index >= 15 is 0 Å². The number of hydrogen-bond acceptors (Lipinski definition) is 6. The monoisotopic (exact) mass is 338 g/mol. The second-order valence-corrected chi connectivity index (χ2v) is 4.65. The van der Waals surface area contributed by atoms with Crippen molar-refractivity contribution in [3.8, 4) is 0 Å². The summed E-state index contributed by atoms with van der Waals surface area (Å²) in [5.74, 6) is -1.42. The standard InChI is InChI=1S/C13H11ClN4O5/c14-12-8(2-1-4-15-12)16-10(20)7-23-11(21)6-18-5-3-9(19)17-13(18)22/h1-5H,6-7H2,(H,16,20)(H,17,19,22). The molecule has 2 heterocycles. The Morgan fingerprint density at radius 2 is 2.13 bits per heavy atom. The number of esters is 1. The summed E-state index contributed by atoms with van der Waals surface area (Å²) in [7, 11) is 0. The summed E-state index contributed by atoms with van der Waals surface area (Å²) < 4.78 is 5.68. The third-order valence-electron chi connectivity index (χ3n) is 2.59. The normalized spacial score (nSPS) is 10.1. The van der Waals surface area contributed by atoms with Crippen molar-refractivity contribution < 1.29 is 14.3 Å². The molecule has 0 aliphatic carbocycles. The first kappa shape index (κ1) is 16.4. The average Bonchev–Trinajstić information content (AvgIpc) is 2.50. The lowest BCUT2D eigenvalue weighted by Gasteiger charge is -2.08. The summed E-state index contributed by atoms with van der Waals surface area (Å²) in [5.41, 5.74) is -1.04. The number of nitrogens with one attached hydrogen (secondary N) is 2. The maximum absolute atomic E-state index is 11.6. The maximum atomic E-state index is 11.6. The zero-order valence-electron chi connectivity index (χ0n) is 11.6. The first-order chi connectivity index (χ1) is 11.0. The number of pyridine rings is 1. The average molecular weight is 339 g/mol. The van der Waals surface area contributed by atoms with Gasteiger partial charge < -0.3 is 10.1 Å². The van der Waals surface area contributed by atoms with Crippen molar-refractivity contribution in [2.45, 2.75) is 6.54 Å². The number of nitrogens with zero attached hydrogens (tertiary/aromatic N) is 2. The van der Waals surface area contributed by atoms with Crippen LogP contribution in [0.25, 0.3) is 0 Å². The number of H-pyrrole nitrogens is 1. The van der Waals surface area contributed by atoms with Gasteiger partial charge in [-0.25, -0.2) is 9.78 Å². The van der Waals surface area contributed by atoms with E-state index < -0.39 is 36.3 Å². The van der Waals surface area contributed by atoms with E-state index in [1.165, 1.54) is 12.3 Å². The van der Waals surface area contributed by atoms with Crippen LogP contribution in [0.2, 0.25) is 5.15 Å². The molecule has 0 aliphatic rings. The fourth-order valence-corrected chi connectivity index (χ4v) is 1.73. The predicted molar refractivity (Wildman–Crippen MR) is 80.2 cm³/mol. The molecule has 0 aliphatic heterocycles. The van der Waals surface area contributed by atoms with Crippen LogP contribution in [0.5, 0.6) is 0 Å². The molecular weight excluding hydrogens is 328 g/mol. The van der Waals surface area contributed by atoms with Crippen LogP contribution in [-0.2, 0) is 20.9 Å². The van der Waals surface area contributed by atoms with Gasteiger partial charge in [0.2, 0.25) is 0 Å². The van der Waals surface area contributed by atoms with Crippen LogP contribution in [0.3, 0.4) is 0 Å². The van der Waals surface area contributed by atoms with Gasteiger partial charge >= 0.3 is 11.7 Å². The van der Waals surface area contributed by atoms with Crippen molar-refractivity contribution >= 4 is 29.2 Å². The molecule has 0 saturated carbocycles. The molecule has 0 radical (unpaired) electrons. The molecule has 23 heavy (non-hydrogen) atoms. The molecule has 120 valence electrons. The van der Waals surface area contributed by atoms with E-state index in [1.54, 1.807) is 6.07 Å². The van der Waals surface area contributed by atoms with Gasteiger partial charge in [0.05, 0.1) is 5.69 Å².